The Balaban J connectivity index is 2.46. The summed E-state index contributed by atoms with van der Waals surface area (Å²) in [5.74, 6) is 1.32. The quantitative estimate of drug-likeness (QED) is 0.571. The molecule has 0 spiro atoms. The van der Waals surface area contributed by atoms with Crippen molar-refractivity contribution in [2.45, 2.75) is 31.6 Å². The van der Waals surface area contributed by atoms with Crippen molar-refractivity contribution in [2.75, 3.05) is 0 Å². The Morgan fingerprint density at radius 2 is 2.21 bits per heavy atom. The van der Waals surface area contributed by atoms with Crippen molar-refractivity contribution in [3.05, 3.63) is 45.6 Å². The van der Waals surface area contributed by atoms with E-state index >= 15 is 0 Å². The summed E-state index contributed by atoms with van der Waals surface area (Å²) in [4.78, 5) is 0. The normalized spacial score (nSPS) is 17.9. The third-order valence-electron chi connectivity index (χ3n) is 2.92. The summed E-state index contributed by atoms with van der Waals surface area (Å²) < 4.78 is 1.43. The number of halogens is 1. The summed E-state index contributed by atoms with van der Waals surface area (Å²) in [6, 6.07) is 6.62. The molecule has 1 aliphatic carbocycles. The average molecular weight is 298 g/mol. The minimum Gasteiger partial charge on any atom is -0.102 e. The van der Waals surface area contributed by atoms with Crippen LogP contribution in [0.3, 0.4) is 0 Å². The van der Waals surface area contributed by atoms with E-state index in [1.54, 1.807) is 5.56 Å². The Bertz CT molecular complexity index is 350. The smallest absolute Gasteiger partial charge is 0.0168 e. The average Bonchev–Trinajstić information content (AvgIpc) is 3.00. The van der Waals surface area contributed by atoms with Crippen LogP contribution in [0.2, 0.25) is 0 Å². The van der Waals surface area contributed by atoms with Gasteiger partial charge in [-0.25, -0.2) is 0 Å². The zero-order valence-corrected chi connectivity index (χ0v) is 10.6. The van der Waals surface area contributed by atoms with Crippen molar-refractivity contribution in [3.63, 3.8) is 0 Å². The Morgan fingerprint density at radius 1 is 1.50 bits per heavy atom. The van der Waals surface area contributed by atoms with Crippen molar-refractivity contribution >= 4 is 22.6 Å². The van der Waals surface area contributed by atoms with Gasteiger partial charge in [-0.05, 0) is 64.5 Å². The largest absolute Gasteiger partial charge is 0.102 e. The molecule has 1 saturated carbocycles. The molecule has 1 unspecified atom stereocenters. The fourth-order valence-electron chi connectivity index (χ4n) is 1.88. The molecule has 1 heteroatoms. The second-order valence-corrected chi connectivity index (χ2v) is 5.20. The van der Waals surface area contributed by atoms with Gasteiger partial charge in [0, 0.05) is 3.57 Å². The Hall–Kier alpha value is -0.310. The molecule has 74 valence electrons. The maximum absolute atomic E-state index is 3.89. The summed E-state index contributed by atoms with van der Waals surface area (Å²) in [6.07, 6.45) is 4.78. The van der Waals surface area contributed by atoms with Gasteiger partial charge < -0.3 is 0 Å². The minimum atomic E-state index is 0.486. The number of benzene rings is 1. The second-order valence-electron chi connectivity index (χ2n) is 4.04. The zero-order valence-electron chi connectivity index (χ0n) is 8.46. The van der Waals surface area contributed by atoms with Crippen LogP contribution >= 0.6 is 22.6 Å². The first-order chi connectivity index (χ1) is 6.74. The summed E-state index contributed by atoms with van der Waals surface area (Å²) in [6.45, 7) is 6.11. The zero-order chi connectivity index (χ0) is 10.1. The van der Waals surface area contributed by atoms with Crippen molar-refractivity contribution in [1.82, 2.24) is 0 Å². The van der Waals surface area contributed by atoms with Gasteiger partial charge in [0.15, 0.2) is 0 Å². The predicted octanol–water partition coefficient (Wildman–Crippen LogP) is 4.46. The first-order valence-corrected chi connectivity index (χ1v) is 6.22. The molecule has 2 rings (SSSR count). The van der Waals surface area contributed by atoms with Gasteiger partial charge in [0.1, 0.15) is 0 Å². The minimum absolute atomic E-state index is 0.486. The van der Waals surface area contributed by atoms with Crippen LogP contribution in [0.15, 0.2) is 30.9 Å². The van der Waals surface area contributed by atoms with Gasteiger partial charge in [-0.15, -0.1) is 6.58 Å². The van der Waals surface area contributed by atoms with Crippen LogP contribution in [0.1, 0.15) is 42.7 Å². The van der Waals surface area contributed by atoms with Gasteiger partial charge >= 0.3 is 0 Å². The summed E-state index contributed by atoms with van der Waals surface area (Å²) in [5, 5.41) is 0. The van der Waals surface area contributed by atoms with Gasteiger partial charge in [-0.3, -0.25) is 0 Å². The van der Waals surface area contributed by atoms with E-state index in [9.17, 15) is 0 Å². The molecule has 1 aromatic carbocycles. The third-order valence-corrected chi connectivity index (χ3v) is 3.86. The van der Waals surface area contributed by atoms with Crippen LogP contribution in [0, 0.1) is 3.57 Å². The second kappa shape index (κ2) is 4.05. The third kappa shape index (κ3) is 1.88. The van der Waals surface area contributed by atoms with Gasteiger partial charge in [-0.1, -0.05) is 25.1 Å². The highest BCUT2D eigenvalue weighted by molar-refractivity contribution is 14.1. The lowest BCUT2D eigenvalue weighted by Gasteiger charge is -2.14. The molecule has 1 aromatic rings. The lowest BCUT2D eigenvalue weighted by molar-refractivity contribution is 0.922. The monoisotopic (exact) mass is 298 g/mol. The SMILES string of the molecule is C=CC(C)c1cccc(I)c1C1CC1. The molecule has 0 amide bonds. The number of allylic oxidation sites excluding steroid dienone is 1. The Morgan fingerprint density at radius 3 is 2.79 bits per heavy atom. The summed E-state index contributed by atoms with van der Waals surface area (Å²) in [7, 11) is 0. The van der Waals surface area contributed by atoms with Crippen LogP contribution < -0.4 is 0 Å². The van der Waals surface area contributed by atoms with Crippen molar-refractivity contribution in [1.29, 1.82) is 0 Å². The van der Waals surface area contributed by atoms with Gasteiger partial charge in [0.05, 0.1) is 0 Å². The summed E-state index contributed by atoms with van der Waals surface area (Å²) >= 11 is 2.46. The standard InChI is InChI=1S/C13H15I/c1-3-9(2)11-5-4-6-12(14)13(11)10-7-8-10/h3-6,9-10H,1,7-8H2,2H3. The molecule has 0 aromatic heterocycles. The topological polar surface area (TPSA) is 0 Å². The first kappa shape index (κ1) is 10.2. The molecule has 1 fully saturated rings. The maximum Gasteiger partial charge on any atom is 0.0168 e. The fourth-order valence-corrected chi connectivity index (χ4v) is 2.84. The molecule has 0 saturated heterocycles. The van der Waals surface area contributed by atoms with E-state index in [4.69, 9.17) is 0 Å². The van der Waals surface area contributed by atoms with E-state index in [2.05, 4.69) is 54.3 Å². The molecule has 0 N–H and O–H groups in total. The van der Waals surface area contributed by atoms with Gasteiger partial charge in [0.25, 0.3) is 0 Å². The number of hydrogen-bond acceptors (Lipinski definition) is 0. The molecule has 0 bridgehead atoms. The van der Waals surface area contributed by atoms with E-state index in [0.717, 1.165) is 5.92 Å². The van der Waals surface area contributed by atoms with Gasteiger partial charge in [0.2, 0.25) is 0 Å². The Labute approximate surface area is 99.6 Å². The molecule has 0 nitrogen and oxygen atoms in total. The molecule has 0 heterocycles. The number of rotatable bonds is 3. The highest BCUT2D eigenvalue weighted by atomic mass is 127. The van der Waals surface area contributed by atoms with E-state index in [1.165, 1.54) is 22.0 Å². The molecule has 0 aliphatic heterocycles. The number of hydrogen-bond donors (Lipinski definition) is 0. The first-order valence-electron chi connectivity index (χ1n) is 5.15. The molecule has 1 aliphatic rings. The molecular weight excluding hydrogens is 283 g/mol. The molecular formula is C13H15I. The Kier molecular flexibility index (Phi) is 2.96. The maximum atomic E-state index is 3.89. The molecule has 0 radical (unpaired) electrons. The van der Waals surface area contributed by atoms with E-state index in [0.29, 0.717) is 5.92 Å². The molecule has 1 atom stereocenters. The van der Waals surface area contributed by atoms with Crippen molar-refractivity contribution in [3.8, 4) is 0 Å². The van der Waals surface area contributed by atoms with Crippen LogP contribution in [-0.2, 0) is 0 Å². The van der Waals surface area contributed by atoms with Crippen molar-refractivity contribution < 1.29 is 0 Å². The molecule has 14 heavy (non-hydrogen) atoms. The van der Waals surface area contributed by atoms with E-state index in [1.807, 2.05) is 6.08 Å². The highest BCUT2D eigenvalue weighted by Gasteiger charge is 2.28. The highest BCUT2D eigenvalue weighted by Crippen LogP contribution is 2.45. The van der Waals surface area contributed by atoms with Gasteiger partial charge in [-0.2, -0.15) is 0 Å². The van der Waals surface area contributed by atoms with Crippen LogP contribution in [-0.4, -0.2) is 0 Å². The summed E-state index contributed by atoms with van der Waals surface area (Å²) in [5.41, 5.74) is 3.06. The van der Waals surface area contributed by atoms with E-state index in [-0.39, 0.29) is 0 Å². The van der Waals surface area contributed by atoms with Crippen LogP contribution in [0.25, 0.3) is 0 Å². The van der Waals surface area contributed by atoms with E-state index < -0.39 is 0 Å². The lowest BCUT2D eigenvalue weighted by atomic mass is 9.93. The van der Waals surface area contributed by atoms with Crippen LogP contribution in [0.4, 0.5) is 0 Å². The van der Waals surface area contributed by atoms with Crippen LogP contribution in [0.5, 0.6) is 0 Å². The predicted molar refractivity (Wildman–Crippen MR) is 69.7 cm³/mol. The fraction of sp³-hybridized carbons (Fsp3) is 0.385. The van der Waals surface area contributed by atoms with Crippen molar-refractivity contribution in [2.24, 2.45) is 0 Å². The lowest BCUT2D eigenvalue weighted by Crippen LogP contribution is -1.98.